The smallest absolute Gasteiger partial charge is 0.343 e. The Morgan fingerprint density at radius 2 is 1.60 bits per heavy atom. The molecule has 0 aliphatic heterocycles. The predicted octanol–water partition coefficient (Wildman–Crippen LogP) is 5.28. The maximum Gasteiger partial charge on any atom is 0.343 e. The molecule has 0 atom stereocenters. The molecule has 0 saturated carbocycles. The van der Waals surface area contributed by atoms with Gasteiger partial charge < -0.3 is 4.74 Å². The van der Waals surface area contributed by atoms with Crippen LogP contribution in [-0.4, -0.2) is 11.7 Å². The lowest BCUT2D eigenvalue weighted by molar-refractivity contribution is 0.0734. The first kappa shape index (κ1) is 16.9. The minimum absolute atomic E-state index is 0.213. The molecule has 3 rings (SSSR count). The highest BCUT2D eigenvalue weighted by atomic mass is 35.5. The quantitative estimate of drug-likeness (QED) is 0.395. The molecule has 3 aromatic rings. The summed E-state index contributed by atoms with van der Waals surface area (Å²) >= 11 is 6.21. The number of hydrogen-bond acceptors (Lipinski definition) is 3. The number of carbonyl (C=O) groups is 1. The van der Waals surface area contributed by atoms with E-state index < -0.39 is 5.97 Å². The van der Waals surface area contributed by atoms with Crippen LogP contribution in [0.1, 0.15) is 27.0 Å². The number of aryl methyl sites for hydroxylation is 1. The van der Waals surface area contributed by atoms with Gasteiger partial charge >= 0.3 is 5.97 Å². The zero-order chi connectivity index (χ0) is 17.8. The molecule has 0 fully saturated rings. The van der Waals surface area contributed by atoms with E-state index in [1.807, 2.05) is 37.3 Å². The number of esters is 1. The van der Waals surface area contributed by atoms with Crippen molar-refractivity contribution in [3.05, 3.63) is 100 Å². The molecule has 0 spiro atoms. The fraction of sp³-hybridized carbons (Fsp3) is 0.0476. The highest BCUT2D eigenvalue weighted by Crippen LogP contribution is 2.27. The molecule has 0 amide bonds. The summed E-state index contributed by atoms with van der Waals surface area (Å²) in [6.45, 7) is 1.92. The van der Waals surface area contributed by atoms with Gasteiger partial charge in [-0.15, -0.1) is 0 Å². The molecule has 25 heavy (non-hydrogen) atoms. The van der Waals surface area contributed by atoms with Gasteiger partial charge in [-0.25, -0.2) is 4.79 Å². The van der Waals surface area contributed by atoms with E-state index in [0.717, 1.165) is 5.56 Å². The summed E-state index contributed by atoms with van der Waals surface area (Å²) in [5, 5.41) is 9.00. The number of benzene rings is 3. The van der Waals surface area contributed by atoms with E-state index in [0.29, 0.717) is 27.5 Å². The Morgan fingerprint density at radius 3 is 2.32 bits per heavy atom. The van der Waals surface area contributed by atoms with Gasteiger partial charge in [-0.05, 0) is 37.3 Å². The number of ether oxygens (including phenoxy) is 1. The molecule has 1 N–H and O–H groups in total. The van der Waals surface area contributed by atoms with Gasteiger partial charge in [0.2, 0.25) is 0 Å². The third kappa shape index (κ3) is 3.78. The van der Waals surface area contributed by atoms with Crippen molar-refractivity contribution in [2.45, 2.75) is 6.92 Å². The molecule has 0 unspecified atom stereocenters. The first-order valence-electron chi connectivity index (χ1n) is 7.78. The van der Waals surface area contributed by atoms with Crippen LogP contribution in [0.3, 0.4) is 0 Å². The zero-order valence-electron chi connectivity index (χ0n) is 13.6. The van der Waals surface area contributed by atoms with Crippen LogP contribution in [0.5, 0.6) is 5.75 Å². The maximum absolute atomic E-state index is 12.4. The normalized spacial score (nSPS) is 10.3. The second kappa shape index (κ2) is 7.32. The molecule has 3 aromatic carbocycles. The van der Waals surface area contributed by atoms with Crippen LogP contribution in [0.15, 0.2) is 72.8 Å². The van der Waals surface area contributed by atoms with Crippen LogP contribution in [0, 0.1) is 12.3 Å². The molecule has 0 saturated heterocycles. The predicted molar refractivity (Wildman–Crippen MR) is 100.0 cm³/mol. The largest absolute Gasteiger partial charge is 0.422 e. The molecule has 4 heteroatoms. The van der Waals surface area contributed by atoms with Gasteiger partial charge in [0.1, 0.15) is 5.75 Å². The molecular weight excluding hydrogens is 334 g/mol. The van der Waals surface area contributed by atoms with Crippen LogP contribution in [0.25, 0.3) is 0 Å². The SMILES string of the molecule is Cc1ccc(OC(=O)c2ccccc2)c(C(=N)c2ccccc2Cl)c1. The molecule has 0 heterocycles. The molecule has 124 valence electrons. The van der Waals surface area contributed by atoms with Gasteiger partial charge in [0.15, 0.2) is 0 Å². The van der Waals surface area contributed by atoms with Gasteiger partial charge in [0.25, 0.3) is 0 Å². The second-order valence-electron chi connectivity index (χ2n) is 5.61. The molecule has 0 bridgehead atoms. The monoisotopic (exact) mass is 349 g/mol. The van der Waals surface area contributed by atoms with Crippen LogP contribution in [0.2, 0.25) is 5.02 Å². The molecule has 0 aromatic heterocycles. The Labute approximate surface area is 151 Å². The molecule has 0 aliphatic carbocycles. The zero-order valence-corrected chi connectivity index (χ0v) is 14.4. The summed E-state index contributed by atoms with van der Waals surface area (Å²) in [4.78, 5) is 12.4. The lowest BCUT2D eigenvalue weighted by Crippen LogP contribution is -2.12. The highest BCUT2D eigenvalue weighted by Gasteiger charge is 2.17. The number of nitrogens with one attached hydrogen (secondary N) is 1. The van der Waals surface area contributed by atoms with E-state index in [1.54, 1.807) is 42.5 Å². The number of hydrogen-bond donors (Lipinski definition) is 1. The summed E-state index contributed by atoms with van der Waals surface area (Å²) in [5.41, 5.74) is 2.75. The Bertz CT molecular complexity index is 936. The minimum atomic E-state index is -0.460. The van der Waals surface area contributed by atoms with Crippen molar-refractivity contribution >= 4 is 23.3 Å². The van der Waals surface area contributed by atoms with E-state index >= 15 is 0 Å². The second-order valence-corrected chi connectivity index (χ2v) is 6.02. The molecule has 0 aliphatic rings. The van der Waals surface area contributed by atoms with Crippen molar-refractivity contribution < 1.29 is 9.53 Å². The lowest BCUT2D eigenvalue weighted by Gasteiger charge is -2.13. The summed E-state index contributed by atoms with van der Waals surface area (Å²) in [5.74, 6) is -0.123. The topological polar surface area (TPSA) is 50.2 Å². The lowest BCUT2D eigenvalue weighted by atomic mass is 9.99. The number of halogens is 1. The highest BCUT2D eigenvalue weighted by molar-refractivity contribution is 6.35. The third-order valence-corrected chi connectivity index (χ3v) is 4.09. The van der Waals surface area contributed by atoms with Gasteiger partial charge in [-0.1, -0.05) is 59.6 Å². The van der Waals surface area contributed by atoms with E-state index in [-0.39, 0.29) is 5.71 Å². The van der Waals surface area contributed by atoms with E-state index in [4.69, 9.17) is 21.7 Å². The van der Waals surface area contributed by atoms with Crippen molar-refractivity contribution in [2.24, 2.45) is 0 Å². The first-order valence-corrected chi connectivity index (χ1v) is 8.16. The maximum atomic E-state index is 12.4. The average Bonchev–Trinajstić information content (AvgIpc) is 2.63. The number of carbonyl (C=O) groups excluding carboxylic acids is 1. The van der Waals surface area contributed by atoms with Gasteiger partial charge in [0, 0.05) is 16.1 Å². The van der Waals surface area contributed by atoms with E-state index in [9.17, 15) is 4.79 Å². The minimum Gasteiger partial charge on any atom is -0.422 e. The van der Waals surface area contributed by atoms with Gasteiger partial charge in [0.05, 0.1) is 11.3 Å². The van der Waals surface area contributed by atoms with Crippen molar-refractivity contribution in [1.82, 2.24) is 0 Å². The van der Waals surface area contributed by atoms with E-state index in [1.165, 1.54) is 0 Å². The summed E-state index contributed by atoms with van der Waals surface area (Å²) in [6, 6.07) is 21.3. The standard InChI is InChI=1S/C21H16ClNO2/c1-14-11-12-19(25-21(24)15-7-3-2-4-8-15)17(13-14)20(23)16-9-5-6-10-18(16)22/h2-13,23H,1H3. The summed E-state index contributed by atoms with van der Waals surface area (Å²) in [6.07, 6.45) is 0. The van der Waals surface area contributed by atoms with Crippen molar-refractivity contribution in [3.63, 3.8) is 0 Å². The third-order valence-electron chi connectivity index (χ3n) is 3.76. The Hall–Kier alpha value is -2.91. The first-order chi connectivity index (χ1) is 12.1. The van der Waals surface area contributed by atoms with Gasteiger partial charge in [-0.3, -0.25) is 5.41 Å². The summed E-state index contributed by atoms with van der Waals surface area (Å²) < 4.78 is 5.55. The average molecular weight is 350 g/mol. The fourth-order valence-corrected chi connectivity index (χ4v) is 2.70. The number of rotatable bonds is 4. The van der Waals surface area contributed by atoms with Crippen molar-refractivity contribution in [2.75, 3.05) is 0 Å². The van der Waals surface area contributed by atoms with E-state index in [2.05, 4.69) is 0 Å². The summed E-state index contributed by atoms with van der Waals surface area (Å²) in [7, 11) is 0. The Balaban J connectivity index is 1.98. The van der Waals surface area contributed by atoms with Crippen LogP contribution >= 0.6 is 11.6 Å². The van der Waals surface area contributed by atoms with Gasteiger partial charge in [-0.2, -0.15) is 0 Å². The Morgan fingerprint density at radius 1 is 0.920 bits per heavy atom. The van der Waals surface area contributed by atoms with Crippen molar-refractivity contribution in [1.29, 1.82) is 5.41 Å². The van der Waals surface area contributed by atoms with Crippen LogP contribution in [0.4, 0.5) is 0 Å². The molecule has 3 nitrogen and oxygen atoms in total. The fourth-order valence-electron chi connectivity index (χ4n) is 2.47. The Kier molecular flexibility index (Phi) is 4.96. The molecule has 0 radical (unpaired) electrons. The van der Waals surface area contributed by atoms with Crippen LogP contribution < -0.4 is 4.74 Å². The van der Waals surface area contributed by atoms with Crippen molar-refractivity contribution in [3.8, 4) is 5.75 Å². The van der Waals surface area contributed by atoms with Crippen LogP contribution in [-0.2, 0) is 0 Å². The molecular formula is C21H16ClNO2.